The number of hydrogen-bond donors (Lipinski definition) is 3. The highest BCUT2D eigenvalue weighted by molar-refractivity contribution is 7.08. The number of aromatic nitrogens is 1. The van der Waals surface area contributed by atoms with E-state index in [1.807, 2.05) is 55.7 Å². The number of aryl methyl sites for hydroxylation is 1. The number of amides is 3. The Morgan fingerprint density at radius 2 is 1.78 bits per heavy atom. The van der Waals surface area contributed by atoms with Crippen molar-refractivity contribution in [3.05, 3.63) is 112 Å². The van der Waals surface area contributed by atoms with Crippen LogP contribution >= 0.6 is 11.3 Å². The summed E-state index contributed by atoms with van der Waals surface area (Å²) in [6.07, 6.45) is 3.76. The summed E-state index contributed by atoms with van der Waals surface area (Å²) in [7, 11) is 4.06. The maximum atomic E-state index is 14.4. The van der Waals surface area contributed by atoms with Crippen LogP contribution < -0.4 is 10.6 Å². The standard InChI is InChI=1S/C38H43N5O2S/c1-25-9-5-6-10-30(25)28-15-18-43(19-16-28)38(45)41-36(26(2)33-22-39-34-12-8-7-11-32(33)34)37(44)40-35-21-27(23-42(3)4)13-14-31(35)29-17-20-46-24-29/h5-14,17,20-22,24,26,28,36,39H,15-16,18-19,23H2,1-4H3,(H,40,44)(H,41,45). The lowest BCUT2D eigenvalue weighted by Crippen LogP contribution is -2.53. The van der Waals surface area contributed by atoms with Crippen LogP contribution in [0.15, 0.2) is 89.8 Å². The lowest BCUT2D eigenvalue weighted by molar-refractivity contribution is -0.118. The van der Waals surface area contributed by atoms with Gasteiger partial charge in [0.15, 0.2) is 0 Å². The Morgan fingerprint density at radius 1 is 1.02 bits per heavy atom. The van der Waals surface area contributed by atoms with Gasteiger partial charge in [0, 0.05) is 53.9 Å². The number of fused-ring (bicyclic) bond motifs is 1. The van der Waals surface area contributed by atoms with Gasteiger partial charge in [-0.1, -0.05) is 61.5 Å². The summed E-state index contributed by atoms with van der Waals surface area (Å²) in [6, 6.07) is 23.9. The number of aromatic amines is 1. The van der Waals surface area contributed by atoms with Crippen LogP contribution in [0.5, 0.6) is 0 Å². The summed E-state index contributed by atoms with van der Waals surface area (Å²) in [6.45, 7) is 6.22. The van der Waals surface area contributed by atoms with Crippen LogP contribution in [0.4, 0.5) is 10.5 Å². The predicted octanol–water partition coefficient (Wildman–Crippen LogP) is 7.97. The second-order valence-electron chi connectivity index (χ2n) is 12.7. The highest BCUT2D eigenvalue weighted by Crippen LogP contribution is 2.34. The van der Waals surface area contributed by atoms with Crippen molar-refractivity contribution in [3.8, 4) is 11.1 Å². The SMILES string of the molecule is Cc1ccccc1C1CCN(C(=O)NC(C(=O)Nc2cc(CN(C)C)ccc2-c2ccsc2)C(C)c2c[nH]c3ccccc23)CC1. The summed E-state index contributed by atoms with van der Waals surface area (Å²) in [5.74, 6) is -0.0990. The molecular weight excluding hydrogens is 591 g/mol. The lowest BCUT2D eigenvalue weighted by atomic mass is 9.87. The first-order valence-corrected chi connectivity index (χ1v) is 17.0. The molecular formula is C38H43N5O2S. The average molecular weight is 634 g/mol. The summed E-state index contributed by atoms with van der Waals surface area (Å²) in [5, 5.41) is 11.6. The number of likely N-dealkylation sites (tertiary alicyclic amines) is 1. The molecule has 3 amide bonds. The van der Waals surface area contributed by atoms with E-state index in [0.717, 1.165) is 58.2 Å². The van der Waals surface area contributed by atoms with E-state index in [9.17, 15) is 9.59 Å². The number of nitrogens with one attached hydrogen (secondary N) is 3. The fraction of sp³-hybridized carbons (Fsp3) is 0.316. The molecule has 6 rings (SSSR count). The number of carbonyl (C=O) groups is 2. The molecule has 1 saturated heterocycles. The maximum absolute atomic E-state index is 14.4. The van der Waals surface area contributed by atoms with E-state index in [1.165, 1.54) is 11.1 Å². The second-order valence-corrected chi connectivity index (χ2v) is 13.5. The normalized spacial score (nSPS) is 15.2. The number of H-pyrrole nitrogens is 1. The lowest BCUT2D eigenvalue weighted by Gasteiger charge is -2.34. The monoisotopic (exact) mass is 633 g/mol. The van der Waals surface area contributed by atoms with E-state index >= 15 is 0 Å². The number of hydrogen-bond acceptors (Lipinski definition) is 4. The first-order chi connectivity index (χ1) is 22.3. The van der Waals surface area contributed by atoms with Crippen molar-refractivity contribution in [2.45, 2.75) is 51.1 Å². The number of thiophene rings is 1. The van der Waals surface area contributed by atoms with E-state index in [0.29, 0.717) is 19.0 Å². The van der Waals surface area contributed by atoms with Crippen LogP contribution in [0.2, 0.25) is 0 Å². The molecule has 1 aliphatic heterocycles. The number of rotatable bonds is 9. The fourth-order valence-corrected chi connectivity index (χ4v) is 7.42. The van der Waals surface area contributed by atoms with Gasteiger partial charge < -0.3 is 25.4 Å². The van der Waals surface area contributed by atoms with Crippen LogP contribution in [0.25, 0.3) is 22.0 Å². The molecule has 1 aliphatic rings. The van der Waals surface area contributed by atoms with E-state index in [2.05, 4.69) is 87.4 Å². The number of para-hydroxylation sites is 1. The summed E-state index contributed by atoms with van der Waals surface area (Å²) >= 11 is 1.62. The van der Waals surface area contributed by atoms with Gasteiger partial charge in [-0.15, -0.1) is 0 Å². The molecule has 3 heterocycles. The molecule has 3 N–H and O–H groups in total. The van der Waals surface area contributed by atoms with Gasteiger partial charge in [0.2, 0.25) is 5.91 Å². The highest BCUT2D eigenvalue weighted by atomic mass is 32.1. The third-order valence-electron chi connectivity index (χ3n) is 9.26. The number of benzene rings is 3. The topological polar surface area (TPSA) is 80.5 Å². The van der Waals surface area contributed by atoms with Gasteiger partial charge >= 0.3 is 6.03 Å². The van der Waals surface area contributed by atoms with E-state index in [-0.39, 0.29) is 17.9 Å². The first-order valence-electron chi connectivity index (χ1n) is 16.1. The van der Waals surface area contributed by atoms with Crippen LogP contribution in [0.3, 0.4) is 0 Å². The Balaban J connectivity index is 1.27. The Morgan fingerprint density at radius 3 is 2.52 bits per heavy atom. The van der Waals surface area contributed by atoms with Crippen LogP contribution in [-0.2, 0) is 11.3 Å². The van der Waals surface area contributed by atoms with Crippen molar-refractivity contribution in [1.29, 1.82) is 0 Å². The highest BCUT2D eigenvalue weighted by Gasteiger charge is 2.33. The fourth-order valence-electron chi connectivity index (χ4n) is 6.77. The van der Waals surface area contributed by atoms with Gasteiger partial charge in [-0.2, -0.15) is 11.3 Å². The van der Waals surface area contributed by atoms with Crippen molar-refractivity contribution in [3.63, 3.8) is 0 Å². The first kappa shape index (κ1) is 31.6. The molecule has 0 saturated carbocycles. The zero-order valence-corrected chi connectivity index (χ0v) is 27.9. The van der Waals surface area contributed by atoms with Gasteiger partial charge in [-0.3, -0.25) is 4.79 Å². The molecule has 2 aromatic heterocycles. The molecule has 46 heavy (non-hydrogen) atoms. The van der Waals surface area contributed by atoms with Gasteiger partial charge in [-0.25, -0.2) is 4.79 Å². The number of carbonyl (C=O) groups excluding carboxylic acids is 2. The van der Waals surface area contributed by atoms with Crippen molar-refractivity contribution >= 4 is 39.9 Å². The Hall–Kier alpha value is -4.40. The van der Waals surface area contributed by atoms with E-state index < -0.39 is 6.04 Å². The molecule has 8 heteroatoms. The smallest absolute Gasteiger partial charge is 0.318 e. The number of piperidine rings is 1. The molecule has 0 aliphatic carbocycles. The minimum absolute atomic E-state index is 0.200. The van der Waals surface area contributed by atoms with E-state index in [4.69, 9.17) is 0 Å². The minimum atomic E-state index is -0.798. The third kappa shape index (κ3) is 6.88. The summed E-state index contributed by atoms with van der Waals surface area (Å²) in [4.78, 5) is 35.6. The maximum Gasteiger partial charge on any atom is 0.318 e. The third-order valence-corrected chi connectivity index (χ3v) is 9.94. The Kier molecular flexibility index (Phi) is 9.56. The molecule has 0 bridgehead atoms. The number of anilines is 1. The number of nitrogens with zero attached hydrogens (tertiary/aromatic N) is 2. The minimum Gasteiger partial charge on any atom is -0.361 e. The number of urea groups is 1. The molecule has 3 aromatic carbocycles. The molecule has 5 aromatic rings. The summed E-state index contributed by atoms with van der Waals surface area (Å²) < 4.78 is 0. The second kappa shape index (κ2) is 13.9. The molecule has 0 radical (unpaired) electrons. The summed E-state index contributed by atoms with van der Waals surface area (Å²) in [5.41, 5.74) is 8.52. The van der Waals surface area contributed by atoms with Crippen LogP contribution in [0, 0.1) is 6.92 Å². The van der Waals surface area contributed by atoms with Gasteiger partial charge in [0.25, 0.3) is 0 Å². The van der Waals surface area contributed by atoms with Gasteiger partial charge in [0.05, 0.1) is 0 Å². The predicted molar refractivity (Wildman–Crippen MR) is 190 cm³/mol. The molecule has 0 spiro atoms. The quantitative estimate of drug-likeness (QED) is 0.154. The van der Waals surface area contributed by atoms with Crippen molar-refractivity contribution in [2.75, 3.05) is 32.5 Å². The Bertz CT molecular complexity index is 1800. The van der Waals surface area contributed by atoms with Crippen LogP contribution in [-0.4, -0.2) is 59.9 Å². The molecule has 2 unspecified atom stereocenters. The zero-order valence-electron chi connectivity index (χ0n) is 27.0. The molecule has 7 nitrogen and oxygen atoms in total. The van der Waals surface area contributed by atoms with E-state index in [1.54, 1.807) is 11.3 Å². The van der Waals surface area contributed by atoms with Gasteiger partial charge in [0.1, 0.15) is 6.04 Å². The zero-order chi connectivity index (χ0) is 32.2. The van der Waals surface area contributed by atoms with Crippen molar-refractivity contribution in [1.82, 2.24) is 20.1 Å². The Labute approximate surface area is 275 Å². The largest absolute Gasteiger partial charge is 0.361 e. The van der Waals surface area contributed by atoms with Crippen LogP contribution in [0.1, 0.15) is 53.9 Å². The average Bonchev–Trinajstić information content (AvgIpc) is 3.74. The molecule has 2 atom stereocenters. The van der Waals surface area contributed by atoms with Crippen molar-refractivity contribution < 1.29 is 9.59 Å². The molecule has 238 valence electrons. The molecule has 1 fully saturated rings. The van der Waals surface area contributed by atoms with Crippen molar-refractivity contribution in [2.24, 2.45) is 0 Å². The van der Waals surface area contributed by atoms with Gasteiger partial charge in [-0.05, 0) is 96.6 Å².